The van der Waals surface area contributed by atoms with Crippen LogP contribution in [0.2, 0.25) is 0 Å². The molecular weight excluding hydrogens is 196 g/mol. The van der Waals surface area contributed by atoms with E-state index < -0.39 is 5.60 Å². The number of aliphatic hydroxyl groups is 1. The average Bonchev–Trinajstić information content (AvgIpc) is 2.63. The van der Waals surface area contributed by atoms with Crippen LogP contribution in [0.5, 0.6) is 0 Å². The molecule has 2 aromatic heterocycles. The summed E-state index contributed by atoms with van der Waals surface area (Å²) < 4.78 is 1.99. The lowest BCUT2D eigenvalue weighted by Gasteiger charge is -2.19. The maximum absolute atomic E-state index is 9.89. The van der Waals surface area contributed by atoms with E-state index in [0.717, 1.165) is 17.1 Å². The summed E-state index contributed by atoms with van der Waals surface area (Å²) in [6.07, 6.45) is 5.34. The van der Waals surface area contributed by atoms with E-state index in [0.29, 0.717) is 6.42 Å². The molecule has 0 spiro atoms. The summed E-state index contributed by atoms with van der Waals surface area (Å²) in [5.41, 5.74) is 0.327. The monoisotopic (exact) mass is 210 g/mol. The highest BCUT2D eigenvalue weighted by molar-refractivity contribution is 7.15. The van der Waals surface area contributed by atoms with Crippen molar-refractivity contribution in [3.05, 3.63) is 23.5 Å². The molecule has 0 aliphatic heterocycles. The van der Waals surface area contributed by atoms with E-state index in [1.807, 2.05) is 36.0 Å². The first kappa shape index (κ1) is 9.68. The highest BCUT2D eigenvalue weighted by Gasteiger charge is 2.19. The lowest BCUT2D eigenvalue weighted by Crippen LogP contribution is -2.25. The van der Waals surface area contributed by atoms with Crippen LogP contribution in [0.4, 0.5) is 0 Å². The standard InChI is InChI=1S/C10H14N2OS/c1-3-10(2,13)6-8-7-12-4-5-14-9(12)11-8/h4-5,7,13H,3,6H2,1-2H3. The Balaban J connectivity index is 2.23. The smallest absolute Gasteiger partial charge is 0.193 e. The summed E-state index contributed by atoms with van der Waals surface area (Å²) in [5, 5.41) is 11.9. The van der Waals surface area contributed by atoms with Crippen molar-refractivity contribution >= 4 is 16.3 Å². The maximum Gasteiger partial charge on any atom is 0.193 e. The van der Waals surface area contributed by atoms with Crippen molar-refractivity contribution in [1.29, 1.82) is 0 Å². The molecule has 76 valence electrons. The maximum atomic E-state index is 9.89. The fraction of sp³-hybridized carbons (Fsp3) is 0.500. The molecule has 0 fully saturated rings. The summed E-state index contributed by atoms with van der Waals surface area (Å²) in [7, 11) is 0. The van der Waals surface area contributed by atoms with E-state index >= 15 is 0 Å². The zero-order chi connectivity index (χ0) is 10.2. The van der Waals surface area contributed by atoms with Gasteiger partial charge < -0.3 is 5.11 Å². The van der Waals surface area contributed by atoms with Crippen molar-refractivity contribution < 1.29 is 5.11 Å². The minimum Gasteiger partial charge on any atom is -0.390 e. The molecule has 0 amide bonds. The third-order valence-electron chi connectivity index (χ3n) is 2.47. The lowest BCUT2D eigenvalue weighted by molar-refractivity contribution is 0.0556. The number of thiazole rings is 1. The quantitative estimate of drug-likeness (QED) is 0.842. The minimum absolute atomic E-state index is 0.623. The largest absolute Gasteiger partial charge is 0.390 e. The Kier molecular flexibility index (Phi) is 2.33. The molecule has 0 saturated carbocycles. The molecule has 1 atom stereocenters. The summed E-state index contributed by atoms with van der Waals surface area (Å²) in [4.78, 5) is 5.42. The van der Waals surface area contributed by atoms with Crippen LogP contribution in [0.15, 0.2) is 17.8 Å². The fourth-order valence-electron chi connectivity index (χ4n) is 1.38. The first-order valence-corrected chi connectivity index (χ1v) is 5.62. The molecule has 0 aliphatic carbocycles. The van der Waals surface area contributed by atoms with Gasteiger partial charge in [0, 0.05) is 24.2 Å². The molecule has 1 unspecified atom stereocenters. The van der Waals surface area contributed by atoms with Crippen molar-refractivity contribution in [3.8, 4) is 0 Å². The van der Waals surface area contributed by atoms with Crippen molar-refractivity contribution in [2.75, 3.05) is 0 Å². The van der Waals surface area contributed by atoms with E-state index in [4.69, 9.17) is 0 Å². The minimum atomic E-state index is -0.635. The van der Waals surface area contributed by atoms with Gasteiger partial charge in [-0.25, -0.2) is 4.98 Å². The summed E-state index contributed by atoms with van der Waals surface area (Å²) in [5.74, 6) is 0. The van der Waals surface area contributed by atoms with Gasteiger partial charge in [-0.3, -0.25) is 4.40 Å². The molecule has 0 aliphatic rings. The Bertz CT molecular complexity index is 401. The van der Waals surface area contributed by atoms with E-state index in [2.05, 4.69) is 4.98 Å². The van der Waals surface area contributed by atoms with Gasteiger partial charge in [-0.1, -0.05) is 6.92 Å². The second kappa shape index (κ2) is 3.37. The van der Waals surface area contributed by atoms with Gasteiger partial charge in [0.2, 0.25) is 0 Å². The van der Waals surface area contributed by atoms with Crippen LogP contribution in [0.25, 0.3) is 4.96 Å². The zero-order valence-corrected chi connectivity index (χ0v) is 9.21. The van der Waals surface area contributed by atoms with Gasteiger partial charge in [0.15, 0.2) is 4.96 Å². The van der Waals surface area contributed by atoms with Crippen LogP contribution in [-0.2, 0) is 6.42 Å². The predicted octanol–water partition coefficient (Wildman–Crippen LogP) is 2.10. The molecule has 2 rings (SSSR count). The van der Waals surface area contributed by atoms with Gasteiger partial charge in [0.1, 0.15) is 0 Å². The summed E-state index contributed by atoms with van der Waals surface area (Å²) >= 11 is 1.61. The van der Waals surface area contributed by atoms with E-state index in [-0.39, 0.29) is 0 Å². The molecule has 2 heterocycles. The van der Waals surface area contributed by atoms with Crippen LogP contribution in [0.1, 0.15) is 26.0 Å². The van der Waals surface area contributed by atoms with Gasteiger partial charge in [-0.15, -0.1) is 11.3 Å². The molecule has 1 N–H and O–H groups in total. The number of hydrogen-bond donors (Lipinski definition) is 1. The molecule has 0 aromatic carbocycles. The normalized spacial score (nSPS) is 15.9. The molecule has 0 radical (unpaired) electrons. The van der Waals surface area contributed by atoms with Crippen molar-refractivity contribution in [1.82, 2.24) is 9.38 Å². The first-order chi connectivity index (χ1) is 6.61. The topological polar surface area (TPSA) is 37.5 Å². The summed E-state index contributed by atoms with van der Waals surface area (Å²) in [6.45, 7) is 3.83. The molecular formula is C10H14N2OS. The van der Waals surface area contributed by atoms with Crippen LogP contribution < -0.4 is 0 Å². The second-order valence-corrected chi connectivity index (χ2v) is 4.73. The molecule has 3 nitrogen and oxygen atoms in total. The number of nitrogens with zero attached hydrogens (tertiary/aromatic N) is 2. The lowest BCUT2D eigenvalue weighted by atomic mass is 9.98. The molecule has 2 aromatic rings. The van der Waals surface area contributed by atoms with Crippen LogP contribution in [-0.4, -0.2) is 20.1 Å². The zero-order valence-electron chi connectivity index (χ0n) is 8.40. The third-order valence-corrected chi connectivity index (χ3v) is 3.24. The van der Waals surface area contributed by atoms with E-state index in [9.17, 15) is 5.11 Å². The molecule has 14 heavy (non-hydrogen) atoms. The van der Waals surface area contributed by atoms with E-state index in [1.54, 1.807) is 11.3 Å². The summed E-state index contributed by atoms with van der Waals surface area (Å²) in [6, 6.07) is 0. The Morgan fingerprint density at radius 1 is 1.64 bits per heavy atom. The first-order valence-electron chi connectivity index (χ1n) is 4.74. The Hall–Kier alpha value is -0.870. The third kappa shape index (κ3) is 1.81. The fourth-order valence-corrected chi connectivity index (χ4v) is 2.10. The second-order valence-electron chi connectivity index (χ2n) is 3.85. The molecule has 4 heteroatoms. The van der Waals surface area contributed by atoms with Crippen LogP contribution in [0, 0.1) is 0 Å². The van der Waals surface area contributed by atoms with Gasteiger partial charge >= 0.3 is 0 Å². The van der Waals surface area contributed by atoms with Crippen LogP contribution >= 0.6 is 11.3 Å². The Labute approximate surface area is 87.0 Å². The van der Waals surface area contributed by atoms with Gasteiger partial charge in [-0.2, -0.15) is 0 Å². The number of imidazole rings is 1. The van der Waals surface area contributed by atoms with Crippen molar-refractivity contribution in [2.24, 2.45) is 0 Å². The number of fused-ring (bicyclic) bond motifs is 1. The Morgan fingerprint density at radius 2 is 2.43 bits per heavy atom. The highest BCUT2D eigenvalue weighted by Crippen LogP contribution is 2.18. The van der Waals surface area contributed by atoms with Gasteiger partial charge in [-0.05, 0) is 13.3 Å². The number of rotatable bonds is 3. The Morgan fingerprint density at radius 3 is 3.07 bits per heavy atom. The van der Waals surface area contributed by atoms with E-state index in [1.165, 1.54) is 0 Å². The van der Waals surface area contributed by atoms with Crippen molar-refractivity contribution in [2.45, 2.75) is 32.3 Å². The van der Waals surface area contributed by atoms with Crippen molar-refractivity contribution in [3.63, 3.8) is 0 Å². The molecule has 0 bridgehead atoms. The SMILES string of the molecule is CCC(C)(O)Cc1cn2ccsc2n1. The molecule has 0 saturated heterocycles. The number of hydrogen-bond acceptors (Lipinski definition) is 3. The number of aromatic nitrogens is 2. The average molecular weight is 210 g/mol. The van der Waals surface area contributed by atoms with Gasteiger partial charge in [0.25, 0.3) is 0 Å². The predicted molar refractivity (Wildman–Crippen MR) is 57.7 cm³/mol. The van der Waals surface area contributed by atoms with Crippen LogP contribution in [0.3, 0.4) is 0 Å². The highest BCUT2D eigenvalue weighted by atomic mass is 32.1. The van der Waals surface area contributed by atoms with Gasteiger partial charge in [0.05, 0.1) is 11.3 Å².